The molecule has 0 atom stereocenters. The zero-order valence-electron chi connectivity index (χ0n) is 14.2. The zero-order chi connectivity index (χ0) is 17.4. The van der Waals surface area contributed by atoms with Crippen molar-refractivity contribution in [2.45, 2.75) is 11.8 Å². The van der Waals surface area contributed by atoms with Crippen molar-refractivity contribution in [2.75, 3.05) is 11.9 Å². The molecule has 0 bridgehead atoms. The predicted molar refractivity (Wildman–Crippen MR) is 110 cm³/mol. The minimum atomic E-state index is 0.768. The normalized spacial score (nSPS) is 12.6. The van der Waals surface area contributed by atoms with Crippen molar-refractivity contribution in [3.8, 4) is 0 Å². The average molecular weight is 364 g/mol. The number of anilines is 2. The van der Waals surface area contributed by atoms with E-state index < -0.39 is 0 Å². The fourth-order valence-corrected chi connectivity index (χ4v) is 4.41. The summed E-state index contributed by atoms with van der Waals surface area (Å²) in [4.78, 5) is 4.76. The maximum absolute atomic E-state index is 6.02. The lowest BCUT2D eigenvalue weighted by atomic mass is 9.90. The minimum Gasteiger partial charge on any atom is -0.344 e. The first-order valence-corrected chi connectivity index (χ1v) is 9.41. The first-order chi connectivity index (χ1) is 12.1. The van der Waals surface area contributed by atoms with Gasteiger partial charge in [0.05, 0.1) is 0 Å². The highest BCUT2D eigenvalue weighted by molar-refractivity contribution is 8.03. The molecule has 4 rings (SSSR count). The lowest BCUT2D eigenvalue weighted by Gasteiger charge is -2.32. The van der Waals surface area contributed by atoms with Crippen molar-refractivity contribution in [3.63, 3.8) is 0 Å². The summed E-state index contributed by atoms with van der Waals surface area (Å²) < 4.78 is 0. The molecule has 0 amide bonds. The molecule has 25 heavy (non-hydrogen) atoms. The van der Waals surface area contributed by atoms with Crippen molar-refractivity contribution < 1.29 is 0 Å². The molecule has 3 heteroatoms. The summed E-state index contributed by atoms with van der Waals surface area (Å²) in [6, 6.07) is 25.3. The second-order valence-corrected chi connectivity index (χ2v) is 7.80. The number of halogens is 1. The van der Waals surface area contributed by atoms with E-state index in [2.05, 4.69) is 79.5 Å². The zero-order valence-corrected chi connectivity index (χ0v) is 15.7. The summed E-state index contributed by atoms with van der Waals surface area (Å²) in [5.74, 6) is 0. The van der Waals surface area contributed by atoms with E-state index in [1.165, 1.54) is 37.9 Å². The van der Waals surface area contributed by atoms with Crippen LogP contribution in [0.15, 0.2) is 82.6 Å². The molecule has 124 valence electrons. The molecular formula is C22H18ClNS. The van der Waals surface area contributed by atoms with Gasteiger partial charge in [0.15, 0.2) is 0 Å². The van der Waals surface area contributed by atoms with Gasteiger partial charge in [-0.3, -0.25) is 0 Å². The Bertz CT molecular complexity index is 910. The number of rotatable bonds is 2. The number of hydrogen-bond donors (Lipinski definition) is 0. The van der Waals surface area contributed by atoms with Crippen LogP contribution in [0.1, 0.15) is 18.1 Å². The molecule has 0 radical (unpaired) electrons. The number of nitrogens with zero attached hydrogens (tertiary/aromatic N) is 1. The van der Waals surface area contributed by atoms with E-state index in [4.69, 9.17) is 11.6 Å². The molecule has 0 aliphatic carbocycles. The smallest absolute Gasteiger partial charge is 0.0488 e. The quantitative estimate of drug-likeness (QED) is 0.451. The van der Waals surface area contributed by atoms with Crippen LogP contribution in [-0.4, -0.2) is 7.05 Å². The second kappa shape index (κ2) is 6.62. The third kappa shape index (κ3) is 2.97. The van der Waals surface area contributed by atoms with E-state index in [9.17, 15) is 0 Å². The fraction of sp³-hybridized carbons (Fsp3) is 0.0909. The van der Waals surface area contributed by atoms with Crippen molar-refractivity contribution >= 4 is 40.3 Å². The first-order valence-electron chi connectivity index (χ1n) is 8.22. The molecule has 1 aliphatic rings. The van der Waals surface area contributed by atoms with Crippen LogP contribution < -0.4 is 4.90 Å². The lowest BCUT2D eigenvalue weighted by molar-refractivity contribution is 1.17. The van der Waals surface area contributed by atoms with Crippen LogP contribution in [0.25, 0.3) is 5.57 Å². The van der Waals surface area contributed by atoms with Crippen LogP contribution in [0, 0.1) is 0 Å². The van der Waals surface area contributed by atoms with Gasteiger partial charge in [-0.25, -0.2) is 0 Å². The number of benzene rings is 3. The second-order valence-electron chi connectivity index (χ2n) is 6.08. The standard InChI is InChI=1S/C22H18ClNS/c1-15(25-17-13-11-16(23)12-14-17)22-18-7-3-5-9-20(18)24(2)21-10-6-4-8-19(21)22/h3-14H,1-2H3. The molecule has 3 aromatic carbocycles. The summed E-state index contributed by atoms with van der Waals surface area (Å²) in [6.45, 7) is 2.20. The number of thioether (sulfide) groups is 1. The molecule has 1 aliphatic heterocycles. The van der Waals surface area contributed by atoms with Crippen LogP contribution in [0.3, 0.4) is 0 Å². The first kappa shape index (κ1) is 16.3. The topological polar surface area (TPSA) is 3.24 Å². The lowest BCUT2D eigenvalue weighted by Crippen LogP contribution is -2.18. The molecule has 0 fully saturated rings. The molecule has 0 saturated carbocycles. The van der Waals surface area contributed by atoms with E-state index in [-0.39, 0.29) is 0 Å². The van der Waals surface area contributed by atoms with Gasteiger partial charge in [-0.05, 0) is 48.2 Å². The predicted octanol–water partition coefficient (Wildman–Crippen LogP) is 6.99. The number of fused-ring (bicyclic) bond motifs is 2. The largest absolute Gasteiger partial charge is 0.344 e. The van der Waals surface area contributed by atoms with Gasteiger partial charge in [0.1, 0.15) is 0 Å². The Balaban J connectivity index is 1.88. The summed E-state index contributed by atoms with van der Waals surface area (Å²) in [6.07, 6.45) is 0. The summed E-state index contributed by atoms with van der Waals surface area (Å²) in [5.41, 5.74) is 6.36. The van der Waals surface area contributed by atoms with Gasteiger partial charge in [-0.1, -0.05) is 59.8 Å². The highest BCUT2D eigenvalue weighted by Crippen LogP contribution is 2.47. The van der Waals surface area contributed by atoms with E-state index >= 15 is 0 Å². The molecule has 3 aromatic rings. The number of hydrogen-bond acceptors (Lipinski definition) is 2. The van der Waals surface area contributed by atoms with Crippen molar-refractivity contribution in [2.24, 2.45) is 0 Å². The van der Waals surface area contributed by atoms with E-state index in [0.717, 1.165) is 5.02 Å². The van der Waals surface area contributed by atoms with Crippen molar-refractivity contribution in [1.82, 2.24) is 0 Å². The van der Waals surface area contributed by atoms with E-state index in [0.29, 0.717) is 0 Å². The van der Waals surface area contributed by atoms with Crippen LogP contribution in [-0.2, 0) is 0 Å². The van der Waals surface area contributed by atoms with Crippen LogP contribution >= 0.6 is 23.4 Å². The molecule has 0 spiro atoms. The summed E-state index contributed by atoms with van der Waals surface area (Å²) in [7, 11) is 2.14. The summed E-state index contributed by atoms with van der Waals surface area (Å²) in [5, 5.41) is 0.768. The molecule has 0 aromatic heterocycles. The minimum absolute atomic E-state index is 0.768. The Labute approximate surface area is 157 Å². The molecular weight excluding hydrogens is 346 g/mol. The molecule has 0 saturated heterocycles. The number of para-hydroxylation sites is 2. The van der Waals surface area contributed by atoms with Gasteiger partial charge in [0.25, 0.3) is 0 Å². The van der Waals surface area contributed by atoms with Crippen molar-refractivity contribution in [3.05, 3.63) is 93.9 Å². The van der Waals surface area contributed by atoms with Gasteiger partial charge in [-0.2, -0.15) is 0 Å². The monoisotopic (exact) mass is 363 g/mol. The molecule has 1 heterocycles. The van der Waals surface area contributed by atoms with Gasteiger partial charge in [0.2, 0.25) is 0 Å². The Morgan fingerprint density at radius 3 is 1.88 bits per heavy atom. The van der Waals surface area contributed by atoms with Gasteiger partial charge in [-0.15, -0.1) is 0 Å². The SMILES string of the molecule is CC(Sc1ccc(Cl)cc1)=C1c2ccccc2N(C)c2ccccc21. The van der Waals surface area contributed by atoms with Gasteiger partial charge < -0.3 is 4.90 Å². The van der Waals surface area contributed by atoms with E-state index in [1.807, 2.05) is 12.1 Å². The van der Waals surface area contributed by atoms with Crippen LogP contribution in [0.2, 0.25) is 5.02 Å². The van der Waals surface area contributed by atoms with Gasteiger partial charge in [0, 0.05) is 45.0 Å². The van der Waals surface area contributed by atoms with Crippen LogP contribution in [0.5, 0.6) is 0 Å². The summed E-state index contributed by atoms with van der Waals surface area (Å²) >= 11 is 7.81. The Morgan fingerprint density at radius 1 is 0.800 bits per heavy atom. The maximum atomic E-state index is 6.02. The Morgan fingerprint density at radius 2 is 1.32 bits per heavy atom. The van der Waals surface area contributed by atoms with Gasteiger partial charge >= 0.3 is 0 Å². The number of allylic oxidation sites excluding steroid dienone is 1. The van der Waals surface area contributed by atoms with Crippen LogP contribution in [0.4, 0.5) is 11.4 Å². The molecule has 0 unspecified atom stereocenters. The third-order valence-electron chi connectivity index (χ3n) is 4.51. The average Bonchev–Trinajstić information content (AvgIpc) is 2.64. The highest BCUT2D eigenvalue weighted by atomic mass is 35.5. The highest BCUT2D eigenvalue weighted by Gasteiger charge is 2.25. The third-order valence-corrected chi connectivity index (χ3v) is 5.78. The Hall–Kier alpha value is -2.16. The van der Waals surface area contributed by atoms with Crippen molar-refractivity contribution in [1.29, 1.82) is 0 Å². The Kier molecular flexibility index (Phi) is 4.32. The molecule has 1 nitrogen and oxygen atoms in total. The fourth-order valence-electron chi connectivity index (χ4n) is 3.34. The van der Waals surface area contributed by atoms with E-state index in [1.54, 1.807) is 11.8 Å². The molecule has 0 N–H and O–H groups in total. The maximum Gasteiger partial charge on any atom is 0.0488 e.